The minimum atomic E-state index is 0.109. The molecule has 0 aromatic heterocycles. The zero-order valence-electron chi connectivity index (χ0n) is 12.6. The summed E-state index contributed by atoms with van der Waals surface area (Å²) in [5, 5.41) is 0. The normalized spacial score (nSPS) is 15.2. The second-order valence-electron chi connectivity index (χ2n) is 5.51. The molecule has 1 fully saturated rings. The average molecular weight is 290 g/mol. The van der Waals surface area contributed by atoms with Crippen molar-refractivity contribution in [2.45, 2.75) is 26.4 Å². The summed E-state index contributed by atoms with van der Waals surface area (Å²) in [6, 6.07) is 7.65. The standard InChI is InChI=1S/C16H22N2O3/c1-13(2)21-15-5-3-14(4-6-15)11-16(20)18-9-7-17(12-19)8-10-18/h3-6,12-13H,7-11H2,1-2H3. The van der Waals surface area contributed by atoms with E-state index in [0.717, 1.165) is 17.7 Å². The Bertz CT molecular complexity index is 477. The molecule has 114 valence electrons. The summed E-state index contributed by atoms with van der Waals surface area (Å²) in [5.41, 5.74) is 0.980. The van der Waals surface area contributed by atoms with Crippen LogP contribution < -0.4 is 4.74 Å². The van der Waals surface area contributed by atoms with Crippen LogP contribution in [0.15, 0.2) is 24.3 Å². The van der Waals surface area contributed by atoms with Crippen molar-refractivity contribution in [3.05, 3.63) is 29.8 Å². The number of piperazine rings is 1. The third-order valence-corrected chi connectivity index (χ3v) is 3.47. The van der Waals surface area contributed by atoms with Crippen molar-refractivity contribution >= 4 is 12.3 Å². The lowest BCUT2D eigenvalue weighted by atomic mass is 10.1. The summed E-state index contributed by atoms with van der Waals surface area (Å²) in [6.07, 6.45) is 1.38. The number of ether oxygens (including phenoxy) is 1. The van der Waals surface area contributed by atoms with Crippen molar-refractivity contribution in [1.82, 2.24) is 9.80 Å². The van der Waals surface area contributed by atoms with Gasteiger partial charge in [0, 0.05) is 26.2 Å². The highest BCUT2D eigenvalue weighted by molar-refractivity contribution is 5.79. The molecule has 1 aromatic rings. The van der Waals surface area contributed by atoms with E-state index in [4.69, 9.17) is 4.74 Å². The van der Waals surface area contributed by atoms with Crippen LogP contribution in [0.25, 0.3) is 0 Å². The van der Waals surface area contributed by atoms with Crippen molar-refractivity contribution in [1.29, 1.82) is 0 Å². The number of amides is 2. The Kier molecular flexibility index (Phi) is 5.20. The van der Waals surface area contributed by atoms with Crippen LogP contribution in [0.2, 0.25) is 0 Å². The number of carbonyl (C=O) groups excluding carboxylic acids is 2. The first kappa shape index (κ1) is 15.4. The molecule has 0 aliphatic carbocycles. The largest absolute Gasteiger partial charge is 0.491 e. The Morgan fingerprint density at radius 3 is 2.33 bits per heavy atom. The molecule has 1 aliphatic heterocycles. The van der Waals surface area contributed by atoms with Crippen molar-refractivity contribution in [2.75, 3.05) is 26.2 Å². The fraction of sp³-hybridized carbons (Fsp3) is 0.500. The third kappa shape index (κ3) is 4.48. The fourth-order valence-electron chi connectivity index (χ4n) is 2.32. The van der Waals surface area contributed by atoms with Crippen LogP contribution in [0.3, 0.4) is 0 Å². The number of hydrogen-bond acceptors (Lipinski definition) is 3. The van der Waals surface area contributed by atoms with Crippen molar-refractivity contribution < 1.29 is 14.3 Å². The molecule has 2 rings (SSSR count). The minimum absolute atomic E-state index is 0.109. The molecule has 0 saturated carbocycles. The zero-order valence-corrected chi connectivity index (χ0v) is 12.6. The maximum atomic E-state index is 12.2. The lowest BCUT2D eigenvalue weighted by Gasteiger charge is -2.32. The van der Waals surface area contributed by atoms with Crippen LogP contribution in [0.4, 0.5) is 0 Å². The first-order valence-corrected chi connectivity index (χ1v) is 7.31. The van der Waals surface area contributed by atoms with E-state index in [0.29, 0.717) is 32.6 Å². The Labute approximate surface area is 125 Å². The van der Waals surface area contributed by atoms with E-state index in [1.807, 2.05) is 43.0 Å². The first-order valence-electron chi connectivity index (χ1n) is 7.31. The van der Waals surface area contributed by atoms with E-state index in [9.17, 15) is 9.59 Å². The Morgan fingerprint density at radius 2 is 1.81 bits per heavy atom. The monoisotopic (exact) mass is 290 g/mol. The van der Waals surface area contributed by atoms with Gasteiger partial charge >= 0.3 is 0 Å². The van der Waals surface area contributed by atoms with Crippen molar-refractivity contribution in [2.24, 2.45) is 0 Å². The van der Waals surface area contributed by atoms with Gasteiger partial charge in [0.05, 0.1) is 12.5 Å². The van der Waals surface area contributed by atoms with Gasteiger partial charge in [-0.05, 0) is 31.5 Å². The van der Waals surface area contributed by atoms with E-state index < -0.39 is 0 Å². The molecule has 2 amide bonds. The molecule has 0 spiro atoms. The van der Waals surface area contributed by atoms with Crippen molar-refractivity contribution in [3.63, 3.8) is 0 Å². The molecule has 5 heteroatoms. The van der Waals surface area contributed by atoms with E-state index in [1.165, 1.54) is 0 Å². The van der Waals surface area contributed by atoms with Gasteiger partial charge in [-0.3, -0.25) is 9.59 Å². The van der Waals surface area contributed by atoms with Gasteiger partial charge < -0.3 is 14.5 Å². The molecule has 1 saturated heterocycles. The molecule has 0 unspecified atom stereocenters. The summed E-state index contributed by atoms with van der Waals surface area (Å²) in [7, 11) is 0. The highest BCUT2D eigenvalue weighted by Crippen LogP contribution is 2.15. The third-order valence-electron chi connectivity index (χ3n) is 3.47. The van der Waals surface area contributed by atoms with Crippen molar-refractivity contribution in [3.8, 4) is 5.75 Å². The lowest BCUT2D eigenvalue weighted by molar-refractivity contribution is -0.134. The van der Waals surface area contributed by atoms with Crippen LogP contribution in [-0.2, 0) is 16.0 Å². The second-order valence-corrected chi connectivity index (χ2v) is 5.51. The van der Waals surface area contributed by atoms with Crippen LogP contribution in [0.1, 0.15) is 19.4 Å². The zero-order chi connectivity index (χ0) is 15.2. The molecule has 5 nitrogen and oxygen atoms in total. The molecule has 0 radical (unpaired) electrons. The van der Waals surface area contributed by atoms with Gasteiger partial charge in [0.2, 0.25) is 12.3 Å². The fourth-order valence-corrected chi connectivity index (χ4v) is 2.32. The van der Waals surface area contributed by atoms with E-state index in [1.54, 1.807) is 4.90 Å². The molecule has 0 N–H and O–H groups in total. The SMILES string of the molecule is CC(C)Oc1ccc(CC(=O)N2CCN(C=O)CC2)cc1. The predicted octanol–water partition coefficient (Wildman–Crippen LogP) is 1.32. The maximum Gasteiger partial charge on any atom is 0.227 e. The molecule has 1 heterocycles. The van der Waals surface area contributed by atoms with E-state index in [2.05, 4.69) is 0 Å². The number of hydrogen-bond donors (Lipinski definition) is 0. The summed E-state index contributed by atoms with van der Waals surface area (Å²) in [4.78, 5) is 26.4. The van der Waals surface area contributed by atoms with Gasteiger partial charge in [-0.2, -0.15) is 0 Å². The maximum absolute atomic E-state index is 12.2. The number of nitrogens with zero attached hydrogens (tertiary/aromatic N) is 2. The second kappa shape index (κ2) is 7.11. The number of benzene rings is 1. The predicted molar refractivity (Wildman–Crippen MR) is 80.1 cm³/mol. The molecular formula is C16H22N2O3. The van der Waals surface area contributed by atoms with Gasteiger partial charge in [-0.25, -0.2) is 0 Å². The first-order chi connectivity index (χ1) is 10.1. The topological polar surface area (TPSA) is 49.9 Å². The lowest BCUT2D eigenvalue weighted by Crippen LogP contribution is -2.48. The molecular weight excluding hydrogens is 268 g/mol. The summed E-state index contributed by atoms with van der Waals surface area (Å²) in [5.74, 6) is 0.930. The van der Waals surface area contributed by atoms with Gasteiger partial charge in [0.1, 0.15) is 5.75 Å². The highest BCUT2D eigenvalue weighted by Gasteiger charge is 2.20. The van der Waals surface area contributed by atoms with Gasteiger partial charge in [0.15, 0.2) is 0 Å². The van der Waals surface area contributed by atoms with Crippen LogP contribution in [0.5, 0.6) is 5.75 Å². The molecule has 21 heavy (non-hydrogen) atoms. The van der Waals surface area contributed by atoms with Gasteiger partial charge in [-0.15, -0.1) is 0 Å². The summed E-state index contributed by atoms with van der Waals surface area (Å²) < 4.78 is 5.58. The number of carbonyl (C=O) groups is 2. The van der Waals surface area contributed by atoms with Gasteiger partial charge in [0.25, 0.3) is 0 Å². The summed E-state index contributed by atoms with van der Waals surface area (Å²) in [6.45, 7) is 6.44. The van der Waals surface area contributed by atoms with Crippen LogP contribution in [-0.4, -0.2) is 54.4 Å². The van der Waals surface area contributed by atoms with Gasteiger partial charge in [-0.1, -0.05) is 12.1 Å². The molecule has 1 aliphatic rings. The van der Waals surface area contributed by atoms with E-state index >= 15 is 0 Å². The quantitative estimate of drug-likeness (QED) is 0.768. The van der Waals surface area contributed by atoms with E-state index in [-0.39, 0.29) is 12.0 Å². The Morgan fingerprint density at radius 1 is 1.19 bits per heavy atom. The number of rotatable bonds is 5. The van der Waals surface area contributed by atoms with Crippen LogP contribution in [0, 0.1) is 0 Å². The molecule has 0 bridgehead atoms. The average Bonchev–Trinajstić information content (AvgIpc) is 2.49. The smallest absolute Gasteiger partial charge is 0.227 e. The van der Waals surface area contributed by atoms with Crippen LogP contribution >= 0.6 is 0 Å². The Hall–Kier alpha value is -2.04. The highest BCUT2D eigenvalue weighted by atomic mass is 16.5. The summed E-state index contributed by atoms with van der Waals surface area (Å²) >= 11 is 0. The Balaban J connectivity index is 1.86. The minimum Gasteiger partial charge on any atom is -0.491 e. The molecule has 0 atom stereocenters. The molecule has 1 aromatic carbocycles.